The second-order valence-electron chi connectivity index (χ2n) is 4.11. The zero-order valence-electron chi connectivity index (χ0n) is 9.39. The first kappa shape index (κ1) is 13.4. The first-order valence-corrected chi connectivity index (χ1v) is 6.47. The zero-order valence-corrected chi connectivity index (χ0v) is 10.3. The molecule has 13 heavy (non-hydrogen) atoms. The maximum Gasteiger partial charge on any atom is -0.00116 e. The molecule has 0 N–H and O–H groups in total. The molecule has 0 fully saturated rings. The highest BCUT2D eigenvalue weighted by atomic mass is 32.1. The summed E-state index contributed by atoms with van der Waals surface area (Å²) in [7, 11) is 0. The second-order valence-corrected chi connectivity index (χ2v) is 4.99. The third-order valence-electron chi connectivity index (χ3n) is 2.48. The summed E-state index contributed by atoms with van der Waals surface area (Å²) in [5.41, 5.74) is 0. The van der Waals surface area contributed by atoms with E-state index in [1.165, 1.54) is 57.8 Å². The Bertz CT molecular complexity index is 89.1. The number of hydrogen-bond donors (Lipinski definition) is 1. The molecule has 80 valence electrons. The highest BCUT2D eigenvalue weighted by Gasteiger charge is 1.94. The Labute approximate surface area is 89.9 Å². The lowest BCUT2D eigenvalue weighted by Gasteiger charge is -2.03. The van der Waals surface area contributed by atoms with E-state index in [1.807, 2.05) is 0 Å². The fraction of sp³-hybridized carbons (Fsp3) is 1.00. The normalized spacial score (nSPS) is 13.2. The molecule has 1 heteroatoms. The van der Waals surface area contributed by atoms with Crippen LogP contribution in [-0.2, 0) is 0 Å². The van der Waals surface area contributed by atoms with Gasteiger partial charge in [-0.15, -0.1) is 0 Å². The first-order valence-electron chi connectivity index (χ1n) is 5.95. The van der Waals surface area contributed by atoms with Crippen LogP contribution in [0.15, 0.2) is 0 Å². The number of unbranched alkanes of at least 4 members (excludes halogenated alkanes) is 7. The van der Waals surface area contributed by atoms with Gasteiger partial charge in [-0.05, 0) is 11.7 Å². The minimum Gasteiger partial charge on any atom is -0.176 e. The van der Waals surface area contributed by atoms with E-state index >= 15 is 0 Å². The average molecular weight is 202 g/mol. The summed E-state index contributed by atoms with van der Waals surface area (Å²) in [6.07, 6.45) is 12.6. The molecule has 0 saturated heterocycles. The highest BCUT2D eigenvalue weighted by molar-refractivity contribution is 7.80. The molecule has 0 aliphatic heterocycles. The Morgan fingerprint density at radius 1 is 0.846 bits per heavy atom. The van der Waals surface area contributed by atoms with Gasteiger partial charge in [0, 0.05) is 0 Å². The van der Waals surface area contributed by atoms with Gasteiger partial charge in [-0.25, -0.2) is 0 Å². The molecule has 0 nitrogen and oxygen atoms in total. The van der Waals surface area contributed by atoms with Crippen LogP contribution in [0.3, 0.4) is 0 Å². The van der Waals surface area contributed by atoms with E-state index in [4.69, 9.17) is 0 Å². The molecule has 0 saturated carbocycles. The Kier molecular flexibility index (Phi) is 10.7. The lowest BCUT2D eigenvalue weighted by Crippen LogP contribution is -1.90. The van der Waals surface area contributed by atoms with Crippen molar-refractivity contribution in [1.29, 1.82) is 0 Å². The first-order chi connectivity index (χ1) is 6.27. The SMILES string of the molecule is CCCCCCCCCC[C@H](C)S. The molecule has 0 aromatic heterocycles. The van der Waals surface area contributed by atoms with Gasteiger partial charge in [-0.3, -0.25) is 0 Å². The van der Waals surface area contributed by atoms with Crippen LogP contribution in [0.25, 0.3) is 0 Å². The molecule has 0 spiro atoms. The monoisotopic (exact) mass is 202 g/mol. The molecular weight excluding hydrogens is 176 g/mol. The van der Waals surface area contributed by atoms with Crippen molar-refractivity contribution < 1.29 is 0 Å². The van der Waals surface area contributed by atoms with Gasteiger partial charge in [0.15, 0.2) is 0 Å². The largest absolute Gasteiger partial charge is 0.176 e. The van der Waals surface area contributed by atoms with Gasteiger partial charge in [0.2, 0.25) is 0 Å². The maximum absolute atomic E-state index is 4.37. The van der Waals surface area contributed by atoms with Gasteiger partial charge in [0.05, 0.1) is 0 Å². The van der Waals surface area contributed by atoms with Gasteiger partial charge in [0.1, 0.15) is 0 Å². The molecule has 0 aromatic rings. The van der Waals surface area contributed by atoms with Gasteiger partial charge >= 0.3 is 0 Å². The predicted molar refractivity (Wildman–Crippen MR) is 65.7 cm³/mol. The van der Waals surface area contributed by atoms with Crippen LogP contribution < -0.4 is 0 Å². The second kappa shape index (κ2) is 10.4. The summed E-state index contributed by atoms with van der Waals surface area (Å²) in [6, 6.07) is 0. The summed E-state index contributed by atoms with van der Waals surface area (Å²) in [5, 5.41) is 0.597. The van der Waals surface area contributed by atoms with Gasteiger partial charge in [-0.2, -0.15) is 12.6 Å². The van der Waals surface area contributed by atoms with E-state index in [2.05, 4.69) is 26.5 Å². The van der Waals surface area contributed by atoms with Crippen LogP contribution in [0, 0.1) is 0 Å². The molecule has 0 bridgehead atoms. The lowest BCUT2D eigenvalue weighted by molar-refractivity contribution is 0.565. The standard InChI is InChI=1S/C12H26S/c1-3-4-5-6-7-8-9-10-11-12(2)13/h12-13H,3-11H2,1-2H3/t12-/m0/s1. The Morgan fingerprint density at radius 2 is 1.31 bits per heavy atom. The van der Waals surface area contributed by atoms with E-state index in [1.54, 1.807) is 0 Å². The van der Waals surface area contributed by atoms with Crippen LogP contribution >= 0.6 is 12.6 Å². The predicted octanol–water partition coefficient (Wildman–Crippen LogP) is 4.84. The Morgan fingerprint density at radius 3 is 1.77 bits per heavy atom. The van der Waals surface area contributed by atoms with E-state index in [0.29, 0.717) is 5.25 Å². The van der Waals surface area contributed by atoms with E-state index < -0.39 is 0 Å². The zero-order chi connectivity index (χ0) is 9.94. The Hall–Kier alpha value is 0.350. The molecule has 0 unspecified atom stereocenters. The fourth-order valence-corrected chi connectivity index (χ4v) is 1.76. The van der Waals surface area contributed by atoms with Gasteiger partial charge in [-0.1, -0.05) is 65.2 Å². The van der Waals surface area contributed by atoms with Crippen molar-refractivity contribution in [2.75, 3.05) is 0 Å². The lowest BCUT2D eigenvalue weighted by atomic mass is 10.1. The van der Waals surface area contributed by atoms with Crippen LogP contribution in [-0.4, -0.2) is 5.25 Å². The number of thiol groups is 1. The van der Waals surface area contributed by atoms with E-state index in [0.717, 1.165) is 0 Å². The fourth-order valence-electron chi connectivity index (χ4n) is 1.57. The third-order valence-corrected chi connectivity index (χ3v) is 2.73. The topological polar surface area (TPSA) is 0 Å². The van der Waals surface area contributed by atoms with Crippen LogP contribution in [0.5, 0.6) is 0 Å². The molecule has 0 aliphatic rings. The minimum absolute atomic E-state index is 0.597. The van der Waals surface area contributed by atoms with E-state index in [-0.39, 0.29) is 0 Å². The van der Waals surface area contributed by atoms with Crippen molar-refractivity contribution in [3.8, 4) is 0 Å². The number of rotatable bonds is 9. The smallest absolute Gasteiger partial charge is 0.00116 e. The molecule has 1 atom stereocenters. The van der Waals surface area contributed by atoms with Crippen molar-refractivity contribution in [2.24, 2.45) is 0 Å². The third kappa shape index (κ3) is 12.4. The van der Waals surface area contributed by atoms with Gasteiger partial charge in [0.25, 0.3) is 0 Å². The molecule has 0 aromatic carbocycles. The molecule has 0 heterocycles. The quantitative estimate of drug-likeness (QED) is 0.401. The van der Waals surface area contributed by atoms with Crippen molar-refractivity contribution in [3.63, 3.8) is 0 Å². The summed E-state index contributed by atoms with van der Waals surface area (Å²) in [5.74, 6) is 0. The van der Waals surface area contributed by atoms with Crippen LogP contribution in [0.4, 0.5) is 0 Å². The summed E-state index contributed by atoms with van der Waals surface area (Å²) >= 11 is 4.37. The molecule has 0 amide bonds. The number of hydrogen-bond acceptors (Lipinski definition) is 1. The van der Waals surface area contributed by atoms with Crippen molar-refractivity contribution in [1.82, 2.24) is 0 Å². The maximum atomic E-state index is 4.37. The summed E-state index contributed by atoms with van der Waals surface area (Å²) in [4.78, 5) is 0. The minimum atomic E-state index is 0.597. The van der Waals surface area contributed by atoms with Gasteiger partial charge < -0.3 is 0 Å². The average Bonchev–Trinajstić information content (AvgIpc) is 2.09. The molecule has 0 aliphatic carbocycles. The van der Waals surface area contributed by atoms with Crippen molar-refractivity contribution in [2.45, 2.75) is 76.9 Å². The summed E-state index contributed by atoms with van der Waals surface area (Å²) in [6.45, 7) is 4.46. The van der Waals surface area contributed by atoms with Crippen LogP contribution in [0.1, 0.15) is 71.6 Å². The highest BCUT2D eigenvalue weighted by Crippen LogP contribution is 2.11. The van der Waals surface area contributed by atoms with Crippen LogP contribution in [0.2, 0.25) is 0 Å². The molecular formula is C12H26S. The van der Waals surface area contributed by atoms with E-state index in [9.17, 15) is 0 Å². The molecule has 0 radical (unpaired) electrons. The summed E-state index contributed by atoms with van der Waals surface area (Å²) < 4.78 is 0. The Balaban J connectivity index is 2.84. The van der Waals surface area contributed by atoms with Crippen molar-refractivity contribution in [3.05, 3.63) is 0 Å². The molecule has 0 rings (SSSR count). The van der Waals surface area contributed by atoms with Crippen molar-refractivity contribution >= 4 is 12.6 Å².